The van der Waals surface area contributed by atoms with Gasteiger partial charge in [-0.3, -0.25) is 4.48 Å². The van der Waals surface area contributed by atoms with Crippen LogP contribution in [0, 0.1) is 0 Å². The quantitative estimate of drug-likeness (QED) is 0.607. The Hall–Kier alpha value is -2.06. The maximum absolute atomic E-state index is 12.2. The van der Waals surface area contributed by atoms with Crippen LogP contribution in [0.3, 0.4) is 0 Å². The third kappa shape index (κ3) is 3.97. The van der Waals surface area contributed by atoms with Crippen LogP contribution >= 0.6 is 0 Å². The molecule has 0 bridgehead atoms. The third-order valence-electron chi connectivity index (χ3n) is 2.96. The Labute approximate surface area is 114 Å². The molecule has 98 valence electrons. The highest BCUT2D eigenvalue weighted by Gasteiger charge is 2.12. The molecule has 0 radical (unpaired) electrons. The van der Waals surface area contributed by atoms with E-state index in [1.807, 2.05) is 62.6 Å². The minimum absolute atomic E-state index is 0.0709. The molecule has 2 heteroatoms. The maximum Gasteiger partial charge on any atom is 0.108 e. The molecule has 0 saturated carbocycles. The van der Waals surface area contributed by atoms with E-state index in [2.05, 4.69) is 12.1 Å². The molecule has 19 heavy (non-hydrogen) atoms. The van der Waals surface area contributed by atoms with E-state index in [9.17, 15) is 5.11 Å². The van der Waals surface area contributed by atoms with E-state index in [1.54, 1.807) is 6.20 Å². The van der Waals surface area contributed by atoms with Gasteiger partial charge in [0, 0.05) is 5.56 Å². The summed E-state index contributed by atoms with van der Waals surface area (Å²) >= 11 is 0. The number of rotatable bonds is 4. The van der Waals surface area contributed by atoms with E-state index >= 15 is 0 Å². The zero-order valence-electron chi connectivity index (χ0n) is 11.4. The summed E-state index contributed by atoms with van der Waals surface area (Å²) in [6.45, 7) is 0.805. The smallest absolute Gasteiger partial charge is 0.108 e. The van der Waals surface area contributed by atoms with E-state index < -0.39 is 0 Å². The van der Waals surface area contributed by atoms with Gasteiger partial charge in [0.25, 0.3) is 0 Å². The van der Waals surface area contributed by atoms with Crippen LogP contribution in [0.2, 0.25) is 0 Å². The van der Waals surface area contributed by atoms with Crippen molar-refractivity contribution in [3.63, 3.8) is 0 Å². The highest BCUT2D eigenvalue weighted by molar-refractivity contribution is 5.55. The van der Waals surface area contributed by atoms with Crippen molar-refractivity contribution in [1.82, 2.24) is 0 Å². The van der Waals surface area contributed by atoms with Gasteiger partial charge < -0.3 is 5.11 Å². The minimum atomic E-state index is 0.0709. The molecule has 0 aliphatic heterocycles. The van der Waals surface area contributed by atoms with Crippen molar-refractivity contribution in [2.75, 3.05) is 14.1 Å². The molecule has 2 aromatic carbocycles. The van der Waals surface area contributed by atoms with Gasteiger partial charge in [-0.2, -0.15) is 0 Å². The monoisotopic (exact) mass is 253 g/mol. The van der Waals surface area contributed by atoms with E-state index in [-0.39, 0.29) is 5.76 Å². The largest absolute Gasteiger partial charge is 0.868 e. The Balaban J connectivity index is 2.16. The Kier molecular flexibility index (Phi) is 4.03. The standard InChI is InChI=1S/C17H19NO/c1-18(2,13-15-9-5-3-6-10-15)14-17(19)16-11-7-4-8-12-16/h3-12,14H,13H2,1-2H3/b17-14-. The van der Waals surface area contributed by atoms with Crippen LogP contribution in [0.4, 0.5) is 0 Å². The number of quaternary nitrogens is 1. The molecule has 0 aliphatic rings. The molecule has 0 unspecified atom stereocenters. The summed E-state index contributed by atoms with van der Waals surface area (Å²) in [7, 11) is 4.07. The van der Waals surface area contributed by atoms with Gasteiger partial charge in [0.2, 0.25) is 0 Å². The minimum Gasteiger partial charge on any atom is -0.868 e. The first-order valence-corrected chi connectivity index (χ1v) is 6.39. The third-order valence-corrected chi connectivity index (χ3v) is 2.96. The molecular formula is C17H19NO. The van der Waals surface area contributed by atoms with Crippen LogP contribution in [0.15, 0.2) is 66.9 Å². The molecule has 0 aliphatic carbocycles. The average molecular weight is 253 g/mol. The van der Waals surface area contributed by atoms with Crippen molar-refractivity contribution in [2.24, 2.45) is 0 Å². The van der Waals surface area contributed by atoms with E-state index in [0.29, 0.717) is 4.48 Å². The van der Waals surface area contributed by atoms with Crippen molar-refractivity contribution < 1.29 is 9.59 Å². The van der Waals surface area contributed by atoms with Gasteiger partial charge >= 0.3 is 0 Å². The summed E-state index contributed by atoms with van der Waals surface area (Å²) in [5, 5.41) is 12.2. The van der Waals surface area contributed by atoms with Gasteiger partial charge in [-0.15, -0.1) is 0 Å². The van der Waals surface area contributed by atoms with Crippen molar-refractivity contribution in [1.29, 1.82) is 0 Å². The van der Waals surface area contributed by atoms with E-state index in [0.717, 1.165) is 12.1 Å². The van der Waals surface area contributed by atoms with Crippen LogP contribution in [0.25, 0.3) is 5.76 Å². The SMILES string of the molecule is C[N+](C)(/C=C(\[O-])c1ccccc1)Cc1ccccc1. The number of hydrogen-bond acceptors (Lipinski definition) is 1. The fraction of sp³-hybridized carbons (Fsp3) is 0.176. The lowest BCUT2D eigenvalue weighted by molar-refractivity contribution is -0.853. The first-order valence-electron chi connectivity index (χ1n) is 6.39. The fourth-order valence-corrected chi connectivity index (χ4v) is 2.09. The van der Waals surface area contributed by atoms with Crippen LogP contribution in [-0.2, 0) is 6.54 Å². The van der Waals surface area contributed by atoms with Crippen molar-refractivity contribution in [2.45, 2.75) is 6.54 Å². The summed E-state index contributed by atoms with van der Waals surface area (Å²) in [6, 6.07) is 19.6. The molecule has 0 N–H and O–H groups in total. The predicted octanol–water partition coefficient (Wildman–Crippen LogP) is 2.62. The topological polar surface area (TPSA) is 23.1 Å². The molecule has 0 atom stereocenters. The summed E-state index contributed by atoms with van der Waals surface area (Å²) in [6.07, 6.45) is 1.77. The van der Waals surface area contributed by atoms with Gasteiger partial charge in [-0.25, -0.2) is 0 Å². The summed E-state index contributed by atoms with van der Waals surface area (Å²) < 4.78 is 0.539. The maximum atomic E-state index is 12.2. The Morgan fingerprint density at radius 2 is 1.47 bits per heavy atom. The van der Waals surface area contributed by atoms with E-state index in [4.69, 9.17) is 0 Å². The number of benzene rings is 2. The first-order chi connectivity index (χ1) is 9.07. The molecule has 0 fully saturated rings. The Bertz CT molecular complexity index is 544. The molecule has 0 amide bonds. The predicted molar refractivity (Wildman–Crippen MR) is 76.7 cm³/mol. The fourth-order valence-electron chi connectivity index (χ4n) is 2.09. The lowest BCUT2D eigenvalue weighted by Crippen LogP contribution is -2.33. The second kappa shape index (κ2) is 5.72. The van der Waals surface area contributed by atoms with Crippen LogP contribution in [-0.4, -0.2) is 18.6 Å². The highest BCUT2D eigenvalue weighted by atomic mass is 16.3. The normalized spacial score (nSPS) is 12.4. The second-order valence-electron chi connectivity index (χ2n) is 5.28. The Morgan fingerprint density at radius 3 is 2.05 bits per heavy atom. The van der Waals surface area contributed by atoms with Gasteiger partial charge in [-0.05, 0) is 11.3 Å². The number of nitrogens with zero attached hydrogens (tertiary/aromatic N) is 1. The molecule has 0 heterocycles. The zero-order valence-corrected chi connectivity index (χ0v) is 11.4. The van der Waals surface area contributed by atoms with Gasteiger partial charge in [0.1, 0.15) is 6.54 Å². The van der Waals surface area contributed by atoms with Crippen molar-refractivity contribution in [3.8, 4) is 0 Å². The number of hydrogen-bond donors (Lipinski definition) is 0. The summed E-state index contributed by atoms with van der Waals surface area (Å²) in [4.78, 5) is 0. The molecule has 0 aromatic heterocycles. The van der Waals surface area contributed by atoms with Gasteiger partial charge in [0.05, 0.1) is 20.3 Å². The first kappa shape index (κ1) is 13.4. The van der Waals surface area contributed by atoms with Gasteiger partial charge in [0.15, 0.2) is 0 Å². The zero-order chi connectivity index (χ0) is 13.7. The highest BCUT2D eigenvalue weighted by Crippen LogP contribution is 2.15. The molecular weight excluding hydrogens is 234 g/mol. The summed E-state index contributed by atoms with van der Waals surface area (Å²) in [5.74, 6) is 0.0709. The lowest BCUT2D eigenvalue weighted by atomic mass is 10.1. The van der Waals surface area contributed by atoms with Gasteiger partial charge in [-0.1, -0.05) is 60.7 Å². The average Bonchev–Trinajstić information content (AvgIpc) is 2.39. The van der Waals surface area contributed by atoms with Crippen LogP contribution in [0.1, 0.15) is 11.1 Å². The van der Waals surface area contributed by atoms with Crippen LogP contribution in [0.5, 0.6) is 0 Å². The molecule has 0 saturated heterocycles. The van der Waals surface area contributed by atoms with E-state index in [1.165, 1.54) is 5.56 Å². The summed E-state index contributed by atoms with van der Waals surface area (Å²) in [5.41, 5.74) is 1.96. The lowest BCUT2D eigenvalue weighted by Gasteiger charge is -2.28. The van der Waals surface area contributed by atoms with Crippen LogP contribution < -0.4 is 5.11 Å². The molecule has 2 nitrogen and oxygen atoms in total. The molecule has 0 spiro atoms. The second-order valence-corrected chi connectivity index (χ2v) is 5.28. The van der Waals surface area contributed by atoms with Crippen molar-refractivity contribution >= 4 is 5.76 Å². The van der Waals surface area contributed by atoms with Crippen molar-refractivity contribution in [3.05, 3.63) is 78.0 Å². The molecule has 2 rings (SSSR count). The Morgan fingerprint density at radius 1 is 0.947 bits per heavy atom. The molecule has 2 aromatic rings.